The van der Waals surface area contributed by atoms with Gasteiger partial charge in [-0.1, -0.05) is 13.0 Å². The van der Waals surface area contributed by atoms with Gasteiger partial charge in [0.05, 0.1) is 0 Å². The highest BCUT2D eigenvalue weighted by molar-refractivity contribution is 4.96. The Labute approximate surface area is 90.3 Å². The Hall–Kier alpha value is -1.09. The van der Waals surface area contributed by atoms with Gasteiger partial charge in [0, 0.05) is 31.4 Å². The lowest BCUT2D eigenvalue weighted by Gasteiger charge is -2.31. The summed E-state index contributed by atoms with van der Waals surface area (Å²) in [5, 5.41) is 0. The molecule has 3 heteroatoms. The van der Waals surface area contributed by atoms with Crippen molar-refractivity contribution in [2.75, 3.05) is 19.6 Å². The van der Waals surface area contributed by atoms with Crippen LogP contribution in [-0.4, -0.2) is 29.1 Å². The van der Waals surface area contributed by atoms with Crippen LogP contribution in [0.4, 0.5) is 0 Å². The van der Waals surface area contributed by atoms with E-state index in [0.717, 1.165) is 32.5 Å². The molecule has 15 heavy (non-hydrogen) atoms. The molecule has 0 aromatic carbocycles. The fraction of sp³-hybridized carbons (Fsp3) is 0.583. The highest BCUT2D eigenvalue weighted by Crippen LogP contribution is 2.20. The Bertz CT molecular complexity index is 364. The molecule has 0 saturated carbocycles. The average molecular weight is 206 g/mol. The molecule has 0 bridgehead atoms. The van der Waals surface area contributed by atoms with E-state index in [4.69, 9.17) is 0 Å². The Morgan fingerprint density at radius 2 is 2.07 bits per heavy atom. The minimum atomic E-state index is 0.132. The third kappa shape index (κ3) is 2.29. The molecule has 1 aliphatic rings. The quantitative estimate of drug-likeness (QED) is 0.732. The minimum Gasteiger partial charge on any atom is -0.312 e. The van der Waals surface area contributed by atoms with Crippen molar-refractivity contribution in [1.82, 2.24) is 9.47 Å². The van der Waals surface area contributed by atoms with Gasteiger partial charge >= 0.3 is 0 Å². The molecule has 82 valence electrons. The van der Waals surface area contributed by atoms with Crippen LogP contribution in [-0.2, 0) is 0 Å². The number of piperidine rings is 1. The summed E-state index contributed by atoms with van der Waals surface area (Å²) in [5.41, 5.74) is 0.132. The molecule has 3 nitrogen and oxygen atoms in total. The van der Waals surface area contributed by atoms with Gasteiger partial charge in [-0.25, -0.2) is 0 Å². The van der Waals surface area contributed by atoms with Crippen LogP contribution in [0.5, 0.6) is 0 Å². The van der Waals surface area contributed by atoms with Gasteiger partial charge in [-0.2, -0.15) is 0 Å². The monoisotopic (exact) mass is 206 g/mol. The van der Waals surface area contributed by atoms with E-state index in [2.05, 4.69) is 11.8 Å². The fourth-order valence-corrected chi connectivity index (χ4v) is 2.26. The second kappa shape index (κ2) is 4.62. The third-order valence-corrected chi connectivity index (χ3v) is 3.25. The van der Waals surface area contributed by atoms with Gasteiger partial charge < -0.3 is 9.47 Å². The zero-order valence-electron chi connectivity index (χ0n) is 9.22. The molecule has 1 aromatic heterocycles. The number of hydrogen-bond acceptors (Lipinski definition) is 2. The van der Waals surface area contributed by atoms with Crippen molar-refractivity contribution >= 4 is 0 Å². The van der Waals surface area contributed by atoms with Crippen LogP contribution in [0.3, 0.4) is 0 Å². The lowest BCUT2D eigenvalue weighted by Crippen LogP contribution is -2.36. The fourth-order valence-electron chi connectivity index (χ4n) is 2.26. The number of rotatable bonds is 2. The molecule has 0 spiro atoms. The smallest absolute Gasteiger partial charge is 0.250 e. The zero-order chi connectivity index (χ0) is 10.7. The maximum Gasteiger partial charge on any atom is 0.250 e. The summed E-state index contributed by atoms with van der Waals surface area (Å²) in [6.45, 7) is 5.54. The molecule has 0 radical (unpaired) electrons. The molecule has 0 unspecified atom stereocenters. The number of nitrogens with zero attached hydrogens (tertiary/aromatic N) is 2. The molecule has 0 N–H and O–H groups in total. The number of aromatic nitrogens is 1. The second-order valence-corrected chi connectivity index (χ2v) is 4.11. The zero-order valence-corrected chi connectivity index (χ0v) is 9.22. The summed E-state index contributed by atoms with van der Waals surface area (Å²) >= 11 is 0. The van der Waals surface area contributed by atoms with Crippen molar-refractivity contribution in [3.63, 3.8) is 0 Å². The largest absolute Gasteiger partial charge is 0.312 e. The predicted octanol–water partition coefficient (Wildman–Crippen LogP) is 1.51. The summed E-state index contributed by atoms with van der Waals surface area (Å²) in [5.74, 6) is 0. The standard InChI is InChI=1S/C12H18N2O/c1-2-13-9-6-11(7-10-13)14-8-4-3-5-12(14)15/h3-5,8,11H,2,6-7,9-10H2,1H3. The van der Waals surface area contributed by atoms with Crippen LogP contribution in [0.15, 0.2) is 29.2 Å². The second-order valence-electron chi connectivity index (χ2n) is 4.11. The highest BCUT2D eigenvalue weighted by Gasteiger charge is 2.19. The number of pyridine rings is 1. The molecule has 0 aliphatic carbocycles. The highest BCUT2D eigenvalue weighted by atomic mass is 16.1. The lowest BCUT2D eigenvalue weighted by atomic mass is 10.0. The van der Waals surface area contributed by atoms with Gasteiger partial charge in [-0.15, -0.1) is 0 Å². The molecule has 1 aliphatic heterocycles. The van der Waals surface area contributed by atoms with Crippen LogP contribution in [0.1, 0.15) is 25.8 Å². The molecule has 0 atom stereocenters. The van der Waals surface area contributed by atoms with Crippen LogP contribution in [0.2, 0.25) is 0 Å². The maximum atomic E-state index is 11.6. The first-order valence-corrected chi connectivity index (χ1v) is 5.71. The maximum absolute atomic E-state index is 11.6. The number of hydrogen-bond donors (Lipinski definition) is 0. The first-order chi connectivity index (χ1) is 7.31. The van der Waals surface area contributed by atoms with Crippen molar-refractivity contribution in [3.8, 4) is 0 Å². The number of likely N-dealkylation sites (tertiary alicyclic amines) is 1. The van der Waals surface area contributed by atoms with Crippen molar-refractivity contribution in [2.24, 2.45) is 0 Å². The summed E-state index contributed by atoms with van der Waals surface area (Å²) in [6.07, 6.45) is 4.10. The van der Waals surface area contributed by atoms with E-state index in [0.29, 0.717) is 6.04 Å². The van der Waals surface area contributed by atoms with Crippen LogP contribution in [0.25, 0.3) is 0 Å². The Kier molecular flexibility index (Phi) is 3.21. The van der Waals surface area contributed by atoms with Gasteiger partial charge in [-0.05, 0) is 25.5 Å². The van der Waals surface area contributed by atoms with Crippen LogP contribution < -0.4 is 5.56 Å². The summed E-state index contributed by atoms with van der Waals surface area (Å²) in [7, 11) is 0. The van der Waals surface area contributed by atoms with E-state index in [1.807, 2.05) is 16.8 Å². The molecule has 2 rings (SSSR count). The van der Waals surface area contributed by atoms with Crippen molar-refractivity contribution in [1.29, 1.82) is 0 Å². The molecule has 1 fully saturated rings. The lowest BCUT2D eigenvalue weighted by molar-refractivity contribution is 0.192. The molecule has 1 aromatic rings. The molecule has 0 amide bonds. The van der Waals surface area contributed by atoms with Crippen molar-refractivity contribution in [3.05, 3.63) is 34.7 Å². The van der Waals surface area contributed by atoms with Crippen LogP contribution >= 0.6 is 0 Å². The normalized spacial score (nSPS) is 19.3. The van der Waals surface area contributed by atoms with E-state index in [-0.39, 0.29) is 5.56 Å². The van der Waals surface area contributed by atoms with Gasteiger partial charge in [0.2, 0.25) is 0 Å². The van der Waals surface area contributed by atoms with E-state index in [9.17, 15) is 4.79 Å². The minimum absolute atomic E-state index is 0.132. The Morgan fingerprint density at radius 3 is 2.67 bits per heavy atom. The first-order valence-electron chi connectivity index (χ1n) is 5.71. The molecule has 2 heterocycles. The summed E-state index contributed by atoms with van der Waals surface area (Å²) in [4.78, 5) is 14.1. The Balaban J connectivity index is 2.08. The van der Waals surface area contributed by atoms with E-state index < -0.39 is 0 Å². The predicted molar refractivity (Wildman–Crippen MR) is 61.1 cm³/mol. The van der Waals surface area contributed by atoms with Gasteiger partial charge in [0.15, 0.2) is 0 Å². The average Bonchev–Trinajstić information content (AvgIpc) is 2.30. The summed E-state index contributed by atoms with van der Waals surface area (Å²) in [6, 6.07) is 5.79. The third-order valence-electron chi connectivity index (χ3n) is 3.25. The van der Waals surface area contributed by atoms with Gasteiger partial charge in [-0.3, -0.25) is 4.79 Å². The van der Waals surface area contributed by atoms with Gasteiger partial charge in [0.1, 0.15) is 0 Å². The van der Waals surface area contributed by atoms with Crippen molar-refractivity contribution in [2.45, 2.75) is 25.8 Å². The molecular weight excluding hydrogens is 188 g/mol. The van der Waals surface area contributed by atoms with E-state index in [1.54, 1.807) is 12.1 Å². The summed E-state index contributed by atoms with van der Waals surface area (Å²) < 4.78 is 1.88. The topological polar surface area (TPSA) is 25.2 Å². The SMILES string of the molecule is CCN1CCC(n2ccccc2=O)CC1. The van der Waals surface area contributed by atoms with Gasteiger partial charge in [0.25, 0.3) is 5.56 Å². The van der Waals surface area contributed by atoms with Crippen molar-refractivity contribution < 1.29 is 0 Å². The first kappa shape index (κ1) is 10.4. The molecular formula is C12H18N2O. The van der Waals surface area contributed by atoms with Crippen LogP contribution in [0, 0.1) is 0 Å². The Morgan fingerprint density at radius 1 is 1.33 bits per heavy atom. The molecule has 1 saturated heterocycles. The van der Waals surface area contributed by atoms with E-state index >= 15 is 0 Å². The van der Waals surface area contributed by atoms with E-state index in [1.165, 1.54) is 0 Å².